The fourth-order valence-electron chi connectivity index (χ4n) is 5.21. The zero-order valence-electron chi connectivity index (χ0n) is 23.2. The van der Waals surface area contributed by atoms with Crippen molar-refractivity contribution < 1.29 is 16.9 Å². The van der Waals surface area contributed by atoms with Gasteiger partial charge in [0, 0.05) is 0 Å². The van der Waals surface area contributed by atoms with Gasteiger partial charge in [0.05, 0.1) is 0 Å². The van der Waals surface area contributed by atoms with Crippen LogP contribution in [0.1, 0.15) is 0 Å². The second kappa shape index (κ2) is 12.1. The third kappa shape index (κ3) is 5.38. The SMILES string of the molecule is c1ccc(-c2ccccc2[O][Bi]2[O]c3ccccc3-c3ccccc3[O]2)c([O][Bi]2[O]c3ccccc3-c3ccccc3[O]2)c1. The van der Waals surface area contributed by atoms with E-state index in [2.05, 4.69) is 0 Å². The van der Waals surface area contributed by atoms with Crippen LogP contribution in [-0.2, 0) is 0 Å². The first-order valence-electron chi connectivity index (χ1n) is 14.0. The second-order valence-electron chi connectivity index (χ2n) is 9.97. The van der Waals surface area contributed by atoms with Gasteiger partial charge in [-0.25, -0.2) is 0 Å². The Kier molecular flexibility index (Phi) is 7.55. The first-order chi connectivity index (χ1) is 21.8. The van der Waals surface area contributed by atoms with Gasteiger partial charge in [0.25, 0.3) is 0 Å². The molecule has 8 rings (SSSR count). The van der Waals surface area contributed by atoms with Crippen molar-refractivity contribution >= 4 is 46.1 Å². The van der Waals surface area contributed by atoms with Crippen molar-refractivity contribution in [1.29, 1.82) is 0 Å². The fraction of sp³-hybridized carbons (Fsp3) is 0. The Hall–Kier alpha value is -4.11. The van der Waals surface area contributed by atoms with Gasteiger partial charge in [-0.3, -0.25) is 0 Å². The molecule has 6 nitrogen and oxygen atoms in total. The molecule has 0 bridgehead atoms. The van der Waals surface area contributed by atoms with Gasteiger partial charge < -0.3 is 0 Å². The van der Waals surface area contributed by atoms with Crippen LogP contribution in [0.5, 0.6) is 34.5 Å². The summed E-state index contributed by atoms with van der Waals surface area (Å²) in [6, 6.07) is 47.8. The van der Waals surface area contributed by atoms with Crippen molar-refractivity contribution in [3.05, 3.63) is 146 Å². The molecule has 2 aliphatic rings. The monoisotopic (exact) mass is 970 g/mol. The number of fused-ring (bicyclic) bond motifs is 6. The topological polar surface area (TPSA) is 55.4 Å². The minimum absolute atomic E-state index is 0.672. The van der Waals surface area contributed by atoms with Crippen LogP contribution in [-0.4, -0.2) is 46.1 Å². The van der Waals surface area contributed by atoms with E-state index in [-0.39, 0.29) is 0 Å². The summed E-state index contributed by atoms with van der Waals surface area (Å²) in [6.45, 7) is 0. The molecular formula is C36H24Bi2O6. The zero-order chi connectivity index (χ0) is 29.3. The molecule has 0 aromatic heterocycles. The average Bonchev–Trinajstić information content (AvgIpc) is 3.32. The Bertz CT molecular complexity index is 1740. The Morgan fingerprint density at radius 3 is 0.864 bits per heavy atom. The normalized spacial score (nSPS) is 13.5. The molecule has 8 heteroatoms. The standard InChI is InChI=1S/3C12H10O2.2Bi/c3*13-11-7-3-1-5-9(11)10-6-2-4-8-12(10)14;;/h3*1-8,13-14H;;/q;;;2*+3/p-6. The summed E-state index contributed by atoms with van der Waals surface area (Å²) < 4.78 is 39.2. The molecule has 6 aromatic rings. The van der Waals surface area contributed by atoms with Gasteiger partial charge in [-0.2, -0.15) is 0 Å². The quantitative estimate of drug-likeness (QED) is 0.162. The predicted octanol–water partition coefficient (Wildman–Crippen LogP) is 8.36. The van der Waals surface area contributed by atoms with E-state index >= 15 is 0 Å². The van der Waals surface area contributed by atoms with Gasteiger partial charge in [-0.05, 0) is 0 Å². The third-order valence-electron chi connectivity index (χ3n) is 7.23. The number of hydrogen-bond donors (Lipinski definition) is 0. The number of benzene rings is 6. The molecule has 0 amide bonds. The number of para-hydroxylation sites is 6. The molecule has 0 saturated heterocycles. The predicted molar refractivity (Wildman–Crippen MR) is 171 cm³/mol. The Morgan fingerprint density at radius 1 is 0.295 bits per heavy atom. The van der Waals surface area contributed by atoms with Gasteiger partial charge in [0.1, 0.15) is 0 Å². The molecule has 2 aliphatic heterocycles. The molecular weight excluding hydrogens is 946 g/mol. The number of rotatable bonds is 5. The van der Waals surface area contributed by atoms with Crippen molar-refractivity contribution in [3.63, 3.8) is 0 Å². The maximum absolute atomic E-state index is 6.65. The van der Waals surface area contributed by atoms with Crippen LogP contribution in [0, 0.1) is 0 Å². The van der Waals surface area contributed by atoms with Crippen LogP contribution in [0.4, 0.5) is 0 Å². The molecule has 0 saturated carbocycles. The Labute approximate surface area is 274 Å². The van der Waals surface area contributed by atoms with Crippen LogP contribution < -0.4 is 16.9 Å². The van der Waals surface area contributed by atoms with Gasteiger partial charge in [0.15, 0.2) is 0 Å². The van der Waals surface area contributed by atoms with E-state index < -0.39 is 46.1 Å². The maximum atomic E-state index is 6.65. The summed E-state index contributed by atoms with van der Waals surface area (Å²) in [4.78, 5) is 0. The molecule has 0 atom stereocenters. The summed E-state index contributed by atoms with van der Waals surface area (Å²) in [5, 5.41) is 0. The van der Waals surface area contributed by atoms with E-state index in [1.807, 2.05) is 146 Å². The summed E-state index contributed by atoms with van der Waals surface area (Å²) in [5.74, 6) is 4.43. The number of hydrogen-bond acceptors (Lipinski definition) is 6. The Morgan fingerprint density at radius 2 is 0.545 bits per heavy atom. The second-order valence-corrected chi connectivity index (χ2v) is 17.7. The van der Waals surface area contributed by atoms with E-state index in [9.17, 15) is 0 Å². The summed E-state index contributed by atoms with van der Waals surface area (Å²) >= 11 is -7.07. The van der Waals surface area contributed by atoms with E-state index in [1.165, 1.54) is 0 Å². The van der Waals surface area contributed by atoms with Crippen LogP contribution in [0.15, 0.2) is 146 Å². The molecule has 2 heterocycles. The fourth-order valence-corrected chi connectivity index (χ4v) is 13.5. The van der Waals surface area contributed by atoms with E-state index in [0.29, 0.717) is 11.5 Å². The van der Waals surface area contributed by atoms with E-state index in [4.69, 9.17) is 16.9 Å². The average molecular weight is 971 g/mol. The summed E-state index contributed by atoms with van der Waals surface area (Å²) in [7, 11) is 0. The van der Waals surface area contributed by atoms with Crippen molar-refractivity contribution in [2.24, 2.45) is 0 Å². The van der Waals surface area contributed by atoms with Crippen LogP contribution in [0.25, 0.3) is 33.4 Å². The van der Waals surface area contributed by atoms with Gasteiger partial charge in [-0.15, -0.1) is 0 Å². The molecule has 0 aliphatic carbocycles. The van der Waals surface area contributed by atoms with Crippen molar-refractivity contribution in [3.8, 4) is 67.9 Å². The van der Waals surface area contributed by atoms with Crippen molar-refractivity contribution in [2.45, 2.75) is 0 Å². The summed E-state index contributed by atoms with van der Waals surface area (Å²) in [5.41, 5.74) is 5.72. The van der Waals surface area contributed by atoms with E-state index in [0.717, 1.165) is 56.4 Å². The molecule has 0 unspecified atom stereocenters. The minimum atomic E-state index is -3.53. The van der Waals surface area contributed by atoms with Crippen molar-refractivity contribution in [1.82, 2.24) is 0 Å². The van der Waals surface area contributed by atoms with Gasteiger partial charge in [0.2, 0.25) is 0 Å². The van der Waals surface area contributed by atoms with Crippen LogP contribution in [0.2, 0.25) is 0 Å². The molecule has 214 valence electrons. The molecule has 0 fully saturated rings. The van der Waals surface area contributed by atoms with Crippen molar-refractivity contribution in [2.75, 3.05) is 0 Å². The van der Waals surface area contributed by atoms with E-state index in [1.54, 1.807) is 0 Å². The van der Waals surface area contributed by atoms with Gasteiger partial charge >= 0.3 is 276 Å². The molecule has 6 aromatic carbocycles. The Balaban J connectivity index is 1.12. The molecule has 0 spiro atoms. The van der Waals surface area contributed by atoms with Crippen LogP contribution in [0.3, 0.4) is 0 Å². The summed E-state index contributed by atoms with van der Waals surface area (Å²) in [6.07, 6.45) is 0. The van der Waals surface area contributed by atoms with Crippen LogP contribution >= 0.6 is 0 Å². The zero-order valence-corrected chi connectivity index (χ0v) is 30.2. The molecule has 0 radical (unpaired) electrons. The first-order valence-corrected chi connectivity index (χ1v) is 22.6. The van der Waals surface area contributed by atoms with Gasteiger partial charge in [-0.1, -0.05) is 0 Å². The molecule has 0 N–H and O–H groups in total. The first kappa shape index (κ1) is 27.4. The molecule has 44 heavy (non-hydrogen) atoms. The third-order valence-corrected chi connectivity index (χ3v) is 15.3.